The summed E-state index contributed by atoms with van der Waals surface area (Å²) >= 11 is 17.5. The van der Waals surface area contributed by atoms with Crippen molar-refractivity contribution in [2.24, 2.45) is 0 Å². The van der Waals surface area contributed by atoms with E-state index in [9.17, 15) is 0 Å². The minimum atomic E-state index is 0.356. The molecule has 136 valence electrons. The van der Waals surface area contributed by atoms with Crippen molar-refractivity contribution in [2.75, 3.05) is 12.5 Å². The van der Waals surface area contributed by atoms with Gasteiger partial charge in [-0.1, -0.05) is 35.3 Å². The number of benzene rings is 2. The third kappa shape index (κ3) is 4.49. The Hall–Kier alpha value is -2.22. The van der Waals surface area contributed by atoms with Gasteiger partial charge in [-0.2, -0.15) is 5.10 Å². The Morgan fingerprint density at radius 3 is 2.77 bits per heavy atom. The Kier molecular flexibility index (Phi) is 6.03. The lowest BCUT2D eigenvalue weighted by Gasteiger charge is -2.15. The van der Waals surface area contributed by atoms with Crippen LogP contribution in [0.1, 0.15) is 11.1 Å². The van der Waals surface area contributed by atoms with Gasteiger partial charge in [0.15, 0.2) is 11.5 Å². The number of nitrogens with one attached hydrogen (secondary N) is 2. The van der Waals surface area contributed by atoms with Crippen molar-refractivity contribution < 1.29 is 9.47 Å². The highest BCUT2D eigenvalue weighted by molar-refractivity contribution is 7.71. The van der Waals surface area contributed by atoms with Gasteiger partial charge in [-0.05, 0) is 41.5 Å². The van der Waals surface area contributed by atoms with Crippen LogP contribution in [0.2, 0.25) is 10.0 Å². The number of H-pyrrole nitrogens is 1. The molecule has 2 N–H and O–H groups in total. The van der Waals surface area contributed by atoms with E-state index in [1.54, 1.807) is 24.2 Å². The van der Waals surface area contributed by atoms with Crippen molar-refractivity contribution in [1.29, 1.82) is 0 Å². The van der Waals surface area contributed by atoms with Gasteiger partial charge in [-0.15, -0.1) is 0 Å². The molecule has 0 amide bonds. The highest BCUT2D eigenvalue weighted by Gasteiger charge is 2.11. The van der Waals surface area contributed by atoms with Gasteiger partial charge in [0, 0.05) is 16.1 Å². The van der Waals surface area contributed by atoms with Crippen molar-refractivity contribution in [1.82, 2.24) is 14.9 Å². The SMILES string of the molecule is COc1cc(CNn2cn[nH]c2=S)c(Cl)cc1OCc1cccc(Cl)c1. The highest BCUT2D eigenvalue weighted by Crippen LogP contribution is 2.34. The number of hydrogen-bond donors (Lipinski definition) is 2. The van der Waals surface area contributed by atoms with Gasteiger partial charge in [-0.25, -0.2) is 4.68 Å². The lowest BCUT2D eigenvalue weighted by atomic mass is 10.2. The number of nitrogens with zero attached hydrogens (tertiary/aromatic N) is 2. The summed E-state index contributed by atoms with van der Waals surface area (Å²) in [5.41, 5.74) is 4.90. The van der Waals surface area contributed by atoms with E-state index in [1.165, 1.54) is 0 Å². The number of aromatic amines is 1. The van der Waals surface area contributed by atoms with Crippen LogP contribution in [0, 0.1) is 4.77 Å². The monoisotopic (exact) mass is 410 g/mol. The van der Waals surface area contributed by atoms with Gasteiger partial charge in [-0.3, -0.25) is 5.10 Å². The van der Waals surface area contributed by atoms with Crippen LogP contribution < -0.4 is 14.9 Å². The van der Waals surface area contributed by atoms with Crippen molar-refractivity contribution >= 4 is 35.4 Å². The zero-order valence-electron chi connectivity index (χ0n) is 13.8. The van der Waals surface area contributed by atoms with E-state index in [1.807, 2.05) is 30.3 Å². The molecule has 0 saturated carbocycles. The summed E-state index contributed by atoms with van der Waals surface area (Å²) in [7, 11) is 1.58. The van der Waals surface area contributed by atoms with Crippen molar-refractivity contribution in [3.8, 4) is 11.5 Å². The molecule has 0 aliphatic carbocycles. The third-order valence-electron chi connectivity index (χ3n) is 3.61. The predicted octanol–water partition coefficient (Wildman–Crippen LogP) is 4.58. The molecule has 0 radical (unpaired) electrons. The van der Waals surface area contributed by atoms with E-state index >= 15 is 0 Å². The van der Waals surface area contributed by atoms with Crippen LogP contribution in [0.4, 0.5) is 0 Å². The second-order valence-corrected chi connectivity index (χ2v) is 6.61. The molecular formula is C17H16Cl2N4O2S. The number of hydrogen-bond acceptors (Lipinski definition) is 5. The van der Waals surface area contributed by atoms with Crippen molar-refractivity contribution in [3.63, 3.8) is 0 Å². The molecule has 0 aliphatic heterocycles. The smallest absolute Gasteiger partial charge is 0.214 e. The lowest BCUT2D eigenvalue weighted by Crippen LogP contribution is -2.13. The quantitative estimate of drug-likeness (QED) is 0.558. The molecule has 0 aliphatic rings. The first-order chi connectivity index (χ1) is 12.6. The summed E-state index contributed by atoms with van der Waals surface area (Å²) in [6.45, 7) is 0.798. The molecule has 2 aromatic carbocycles. The summed E-state index contributed by atoms with van der Waals surface area (Å²) in [5.74, 6) is 1.14. The Labute approximate surface area is 165 Å². The second kappa shape index (κ2) is 8.44. The molecule has 0 saturated heterocycles. The van der Waals surface area contributed by atoms with E-state index < -0.39 is 0 Å². The van der Waals surface area contributed by atoms with Crippen LogP contribution in [0.15, 0.2) is 42.7 Å². The average molecular weight is 411 g/mol. The summed E-state index contributed by atoms with van der Waals surface area (Å²) in [5, 5.41) is 7.73. The topological polar surface area (TPSA) is 64.1 Å². The molecule has 0 unspecified atom stereocenters. The molecule has 3 rings (SSSR count). The number of aromatic nitrogens is 3. The molecule has 3 aromatic rings. The maximum Gasteiger partial charge on any atom is 0.214 e. The normalized spacial score (nSPS) is 10.6. The number of rotatable bonds is 7. The second-order valence-electron chi connectivity index (χ2n) is 5.38. The molecule has 0 atom stereocenters. The predicted molar refractivity (Wildman–Crippen MR) is 104 cm³/mol. The minimum absolute atomic E-state index is 0.356. The largest absolute Gasteiger partial charge is 0.493 e. The van der Waals surface area contributed by atoms with E-state index in [-0.39, 0.29) is 0 Å². The number of methoxy groups -OCH3 is 1. The molecular weight excluding hydrogens is 395 g/mol. The average Bonchev–Trinajstić information content (AvgIpc) is 3.04. The summed E-state index contributed by atoms with van der Waals surface area (Å²) in [6, 6.07) is 11.0. The van der Waals surface area contributed by atoms with Crippen molar-refractivity contribution in [3.05, 3.63) is 68.7 Å². The summed E-state index contributed by atoms with van der Waals surface area (Å²) in [4.78, 5) is 0. The number of ether oxygens (including phenoxy) is 2. The van der Waals surface area contributed by atoms with E-state index in [0.717, 1.165) is 11.1 Å². The molecule has 1 heterocycles. The maximum absolute atomic E-state index is 6.39. The van der Waals surface area contributed by atoms with Crippen LogP contribution in [0.3, 0.4) is 0 Å². The molecule has 0 spiro atoms. The molecule has 26 heavy (non-hydrogen) atoms. The van der Waals surface area contributed by atoms with Gasteiger partial charge >= 0.3 is 0 Å². The van der Waals surface area contributed by atoms with Gasteiger partial charge < -0.3 is 14.9 Å². The number of halogens is 2. The van der Waals surface area contributed by atoms with E-state index in [0.29, 0.717) is 39.5 Å². The van der Waals surface area contributed by atoms with Gasteiger partial charge in [0.2, 0.25) is 4.77 Å². The van der Waals surface area contributed by atoms with Crippen LogP contribution in [0.25, 0.3) is 0 Å². The van der Waals surface area contributed by atoms with E-state index in [4.69, 9.17) is 44.9 Å². The van der Waals surface area contributed by atoms with Crippen LogP contribution in [0.5, 0.6) is 11.5 Å². The molecule has 0 bridgehead atoms. The Bertz CT molecular complexity index is 958. The molecule has 1 aromatic heterocycles. The Morgan fingerprint density at radius 1 is 1.23 bits per heavy atom. The van der Waals surface area contributed by atoms with Gasteiger partial charge in [0.1, 0.15) is 12.9 Å². The van der Waals surface area contributed by atoms with Crippen LogP contribution in [-0.4, -0.2) is 22.0 Å². The molecule has 0 fully saturated rings. The maximum atomic E-state index is 6.39. The van der Waals surface area contributed by atoms with Crippen LogP contribution >= 0.6 is 35.4 Å². The minimum Gasteiger partial charge on any atom is -0.493 e. The fourth-order valence-electron chi connectivity index (χ4n) is 2.30. The highest BCUT2D eigenvalue weighted by atomic mass is 35.5. The fourth-order valence-corrected chi connectivity index (χ4v) is 2.90. The summed E-state index contributed by atoms with van der Waals surface area (Å²) in [6.07, 6.45) is 1.55. The van der Waals surface area contributed by atoms with Gasteiger partial charge in [0.25, 0.3) is 0 Å². The first-order valence-electron chi connectivity index (χ1n) is 7.66. The lowest BCUT2D eigenvalue weighted by molar-refractivity contribution is 0.284. The first kappa shape index (κ1) is 18.6. The fraction of sp³-hybridized carbons (Fsp3) is 0.176. The Balaban J connectivity index is 1.74. The Morgan fingerprint density at radius 2 is 2.08 bits per heavy atom. The standard InChI is InChI=1S/C17H16Cl2N4O2S/c1-24-15-6-12(8-21-23-10-20-22-17(23)26)14(19)7-16(15)25-9-11-3-2-4-13(18)5-11/h2-7,10,21H,8-9H2,1H3,(H,22,26). The molecule has 9 heteroatoms. The van der Waals surface area contributed by atoms with E-state index in [2.05, 4.69) is 15.6 Å². The van der Waals surface area contributed by atoms with Crippen molar-refractivity contribution in [2.45, 2.75) is 13.2 Å². The third-order valence-corrected chi connectivity index (χ3v) is 4.48. The molecule has 6 nitrogen and oxygen atoms in total. The first-order valence-corrected chi connectivity index (χ1v) is 8.83. The summed E-state index contributed by atoms with van der Waals surface area (Å²) < 4.78 is 13.3. The van der Waals surface area contributed by atoms with Crippen LogP contribution in [-0.2, 0) is 13.2 Å². The van der Waals surface area contributed by atoms with Gasteiger partial charge in [0.05, 0.1) is 13.7 Å². The zero-order chi connectivity index (χ0) is 18.5. The zero-order valence-corrected chi connectivity index (χ0v) is 16.2.